The summed E-state index contributed by atoms with van der Waals surface area (Å²) in [7, 11) is -3.50. The van der Waals surface area contributed by atoms with Crippen molar-refractivity contribution in [2.75, 3.05) is 13.1 Å². The van der Waals surface area contributed by atoms with Gasteiger partial charge in [0.15, 0.2) is 0 Å². The van der Waals surface area contributed by atoms with E-state index in [4.69, 9.17) is 9.05 Å². The van der Waals surface area contributed by atoms with E-state index in [-0.39, 0.29) is 0 Å². The number of nitrogens with zero attached hydrogens (tertiary/aromatic N) is 1. The lowest BCUT2D eigenvalue weighted by molar-refractivity contribution is 0.277. The van der Waals surface area contributed by atoms with Crippen molar-refractivity contribution in [2.24, 2.45) is 0 Å². The molecule has 0 radical (unpaired) electrons. The Morgan fingerprint density at radius 3 is 1.52 bits per heavy atom. The molecule has 0 N–H and O–H groups in total. The van der Waals surface area contributed by atoms with Crippen molar-refractivity contribution in [2.45, 2.75) is 39.5 Å². The molecule has 0 amide bonds. The summed E-state index contributed by atoms with van der Waals surface area (Å²) < 4.78 is 27.5. The molecule has 0 aliphatic heterocycles. The van der Waals surface area contributed by atoms with E-state index in [1.54, 1.807) is 24.3 Å². The first-order valence-corrected chi connectivity index (χ1v) is 10.5. The molecule has 0 fully saturated rings. The maximum absolute atomic E-state index is 13.7. The third-order valence-corrected chi connectivity index (χ3v) is 5.79. The van der Waals surface area contributed by atoms with Crippen LogP contribution in [0.15, 0.2) is 60.7 Å². The van der Waals surface area contributed by atoms with E-state index in [9.17, 15) is 4.57 Å². The zero-order chi connectivity index (χ0) is 18.0. The highest BCUT2D eigenvalue weighted by Crippen LogP contribution is 2.52. The Morgan fingerprint density at radius 2 is 1.16 bits per heavy atom. The summed E-state index contributed by atoms with van der Waals surface area (Å²) >= 11 is 0. The van der Waals surface area contributed by atoms with Crippen molar-refractivity contribution in [3.05, 3.63) is 60.7 Å². The van der Waals surface area contributed by atoms with E-state index < -0.39 is 7.75 Å². The second-order valence-electron chi connectivity index (χ2n) is 5.94. The van der Waals surface area contributed by atoms with Crippen molar-refractivity contribution in [1.29, 1.82) is 0 Å². The summed E-state index contributed by atoms with van der Waals surface area (Å²) in [6.07, 6.45) is 3.95. The molecule has 0 bridgehead atoms. The van der Waals surface area contributed by atoms with Gasteiger partial charge in [-0.15, -0.1) is 0 Å². The SMILES string of the molecule is CCCCN(CCCC)P(=O)(Oc1ccccc1)Oc1ccccc1. The predicted molar refractivity (Wildman–Crippen MR) is 103 cm³/mol. The van der Waals surface area contributed by atoms with Gasteiger partial charge in [-0.05, 0) is 37.1 Å². The summed E-state index contributed by atoms with van der Waals surface area (Å²) in [6.45, 7) is 5.62. The lowest BCUT2D eigenvalue weighted by Gasteiger charge is -2.30. The van der Waals surface area contributed by atoms with Crippen LogP contribution in [0, 0.1) is 0 Å². The van der Waals surface area contributed by atoms with Crippen LogP contribution in [0.1, 0.15) is 39.5 Å². The van der Waals surface area contributed by atoms with Crippen LogP contribution in [0.3, 0.4) is 0 Å². The minimum Gasteiger partial charge on any atom is -0.404 e. The van der Waals surface area contributed by atoms with E-state index in [1.807, 2.05) is 41.1 Å². The first kappa shape index (κ1) is 19.6. The predicted octanol–water partition coefficient (Wildman–Crippen LogP) is 6.15. The van der Waals surface area contributed by atoms with Crippen molar-refractivity contribution in [3.8, 4) is 11.5 Å². The minimum atomic E-state index is -3.50. The van der Waals surface area contributed by atoms with Gasteiger partial charge in [0.2, 0.25) is 0 Å². The first-order valence-electron chi connectivity index (χ1n) is 9.02. The lowest BCUT2D eigenvalue weighted by Crippen LogP contribution is -2.28. The molecule has 0 aromatic heterocycles. The zero-order valence-corrected chi connectivity index (χ0v) is 16.0. The summed E-state index contributed by atoms with van der Waals surface area (Å²) in [4.78, 5) is 0. The maximum Gasteiger partial charge on any atom is 0.515 e. The normalized spacial score (nSPS) is 11.5. The van der Waals surface area contributed by atoms with Crippen LogP contribution in [0.25, 0.3) is 0 Å². The Balaban J connectivity index is 2.28. The van der Waals surface area contributed by atoms with Crippen LogP contribution in [-0.4, -0.2) is 17.8 Å². The zero-order valence-electron chi connectivity index (χ0n) is 15.1. The Hall–Kier alpha value is -1.77. The van der Waals surface area contributed by atoms with Gasteiger partial charge in [-0.3, -0.25) is 0 Å². The molecule has 5 heteroatoms. The smallest absolute Gasteiger partial charge is 0.404 e. The van der Waals surface area contributed by atoms with Gasteiger partial charge in [-0.25, -0.2) is 4.57 Å². The van der Waals surface area contributed by atoms with E-state index >= 15 is 0 Å². The van der Waals surface area contributed by atoms with Crippen molar-refractivity contribution in [1.82, 2.24) is 4.67 Å². The van der Waals surface area contributed by atoms with Gasteiger partial charge in [-0.2, -0.15) is 4.67 Å². The molecule has 0 saturated heterocycles. The standard InChI is InChI=1S/C20H28NO3P/c1-3-5-17-21(18-6-4-2)25(22,23-19-13-9-7-10-14-19)24-20-15-11-8-12-16-20/h7-16H,3-6,17-18H2,1-2H3. The monoisotopic (exact) mass is 361 g/mol. The third-order valence-electron chi connectivity index (χ3n) is 3.81. The number of hydrogen-bond donors (Lipinski definition) is 0. The molecule has 0 saturated carbocycles. The summed E-state index contributed by atoms with van der Waals surface area (Å²) in [5, 5.41) is 0. The fourth-order valence-corrected chi connectivity index (χ4v) is 4.22. The summed E-state index contributed by atoms with van der Waals surface area (Å²) in [5.41, 5.74) is 0. The van der Waals surface area contributed by atoms with Gasteiger partial charge in [0.1, 0.15) is 11.5 Å². The second kappa shape index (κ2) is 10.3. The molecule has 0 spiro atoms. The van der Waals surface area contributed by atoms with Gasteiger partial charge >= 0.3 is 7.75 Å². The first-order chi connectivity index (χ1) is 12.2. The third kappa shape index (κ3) is 6.22. The van der Waals surface area contributed by atoms with Crippen LogP contribution >= 0.6 is 7.75 Å². The maximum atomic E-state index is 13.7. The topological polar surface area (TPSA) is 38.8 Å². The number of benzene rings is 2. The molecular formula is C20H28NO3P. The molecule has 0 atom stereocenters. The second-order valence-corrected chi connectivity index (χ2v) is 7.81. The highest BCUT2D eigenvalue weighted by Gasteiger charge is 2.36. The molecule has 0 unspecified atom stereocenters. The van der Waals surface area contributed by atoms with E-state index in [0.717, 1.165) is 25.7 Å². The van der Waals surface area contributed by atoms with E-state index in [1.165, 1.54) is 0 Å². The van der Waals surface area contributed by atoms with Gasteiger partial charge in [0.25, 0.3) is 0 Å². The van der Waals surface area contributed by atoms with Crippen LogP contribution in [0.5, 0.6) is 11.5 Å². The minimum absolute atomic E-state index is 0.555. The largest absolute Gasteiger partial charge is 0.515 e. The van der Waals surface area contributed by atoms with Gasteiger partial charge in [0, 0.05) is 13.1 Å². The molecule has 0 aliphatic rings. The average Bonchev–Trinajstić information content (AvgIpc) is 2.63. The summed E-state index contributed by atoms with van der Waals surface area (Å²) in [6, 6.07) is 18.5. The molecule has 0 heterocycles. The van der Waals surface area contributed by atoms with E-state index in [0.29, 0.717) is 24.6 Å². The van der Waals surface area contributed by atoms with Crippen LogP contribution < -0.4 is 9.05 Å². The fourth-order valence-electron chi connectivity index (χ4n) is 2.40. The summed E-state index contributed by atoms with van der Waals surface area (Å²) in [5.74, 6) is 1.11. The Kier molecular flexibility index (Phi) is 8.03. The average molecular weight is 361 g/mol. The number of rotatable bonds is 11. The molecule has 2 aromatic carbocycles. The molecule has 0 aliphatic carbocycles. The molecule has 2 rings (SSSR count). The molecule has 4 nitrogen and oxygen atoms in total. The lowest BCUT2D eigenvalue weighted by atomic mass is 10.3. The molecule has 25 heavy (non-hydrogen) atoms. The van der Waals surface area contributed by atoms with Gasteiger partial charge < -0.3 is 9.05 Å². The van der Waals surface area contributed by atoms with Crippen molar-refractivity contribution < 1.29 is 13.6 Å². The van der Waals surface area contributed by atoms with Gasteiger partial charge in [0.05, 0.1) is 0 Å². The number of para-hydroxylation sites is 2. The molecular weight excluding hydrogens is 333 g/mol. The van der Waals surface area contributed by atoms with Crippen LogP contribution in [0.4, 0.5) is 0 Å². The highest BCUT2D eigenvalue weighted by atomic mass is 31.2. The molecule has 136 valence electrons. The Morgan fingerprint density at radius 1 is 0.760 bits per heavy atom. The quantitative estimate of drug-likeness (QED) is 0.450. The number of hydrogen-bond acceptors (Lipinski definition) is 3. The van der Waals surface area contributed by atoms with Crippen molar-refractivity contribution >= 4 is 7.75 Å². The molecule has 2 aromatic rings. The van der Waals surface area contributed by atoms with Crippen LogP contribution in [0.2, 0.25) is 0 Å². The number of unbranched alkanes of at least 4 members (excludes halogenated alkanes) is 2. The van der Waals surface area contributed by atoms with Gasteiger partial charge in [-0.1, -0.05) is 63.1 Å². The highest BCUT2D eigenvalue weighted by molar-refractivity contribution is 7.52. The van der Waals surface area contributed by atoms with E-state index in [2.05, 4.69) is 13.8 Å². The Bertz CT molecular complexity index is 595. The van der Waals surface area contributed by atoms with Crippen LogP contribution in [-0.2, 0) is 4.57 Å². The Labute approximate surface area is 151 Å². The van der Waals surface area contributed by atoms with Crippen molar-refractivity contribution in [3.63, 3.8) is 0 Å². The fraction of sp³-hybridized carbons (Fsp3) is 0.400.